The Hall–Kier alpha value is -1.80. The molecular formula is C23H27ClO2. The summed E-state index contributed by atoms with van der Waals surface area (Å²) in [7, 11) is 0. The average molecular weight is 371 g/mol. The first-order chi connectivity index (χ1) is 12.3. The summed E-state index contributed by atoms with van der Waals surface area (Å²) >= 11 is 5.99. The average Bonchev–Trinajstić information content (AvgIpc) is 3.14. The van der Waals surface area contributed by atoms with Crippen LogP contribution in [0.25, 0.3) is 5.57 Å². The standard InChI is InChI=1S/C23H27ClO2/c1-15(24)13-20-21(23(20,3)4)22(25)26-14-18-11-8-12-19(16(18)2)17-9-6-5-7-10-17/h6,8-13,20-21H,5,7,14H2,1-4H3/b15-13-. The minimum Gasteiger partial charge on any atom is -0.461 e. The predicted molar refractivity (Wildman–Crippen MR) is 108 cm³/mol. The number of esters is 1. The van der Waals surface area contributed by atoms with E-state index in [2.05, 4.69) is 45.1 Å². The summed E-state index contributed by atoms with van der Waals surface area (Å²) in [6.07, 6.45) is 10.8. The largest absolute Gasteiger partial charge is 0.461 e. The summed E-state index contributed by atoms with van der Waals surface area (Å²) < 4.78 is 5.67. The van der Waals surface area contributed by atoms with Gasteiger partial charge in [-0.05, 0) is 60.3 Å². The molecule has 138 valence electrons. The van der Waals surface area contributed by atoms with E-state index in [4.69, 9.17) is 16.3 Å². The molecule has 1 saturated carbocycles. The number of hydrogen-bond acceptors (Lipinski definition) is 2. The highest BCUT2D eigenvalue weighted by Crippen LogP contribution is 2.60. The smallest absolute Gasteiger partial charge is 0.310 e. The van der Waals surface area contributed by atoms with Gasteiger partial charge in [-0.15, -0.1) is 0 Å². The molecule has 2 atom stereocenters. The molecule has 2 aliphatic carbocycles. The van der Waals surface area contributed by atoms with Gasteiger partial charge in [0, 0.05) is 5.03 Å². The van der Waals surface area contributed by atoms with Crippen molar-refractivity contribution in [2.24, 2.45) is 17.3 Å². The molecule has 2 unspecified atom stereocenters. The molecular weight excluding hydrogens is 344 g/mol. The van der Waals surface area contributed by atoms with Crippen LogP contribution in [0.3, 0.4) is 0 Å². The van der Waals surface area contributed by atoms with Crippen molar-refractivity contribution in [3.63, 3.8) is 0 Å². The van der Waals surface area contributed by atoms with E-state index in [0.717, 1.165) is 23.4 Å². The van der Waals surface area contributed by atoms with Gasteiger partial charge >= 0.3 is 5.97 Å². The summed E-state index contributed by atoms with van der Waals surface area (Å²) in [5, 5.41) is 0.732. The highest BCUT2D eigenvalue weighted by Gasteiger charge is 2.61. The normalized spacial score (nSPS) is 24.2. The predicted octanol–water partition coefficient (Wildman–Crippen LogP) is 6.19. The van der Waals surface area contributed by atoms with Crippen molar-refractivity contribution in [3.05, 3.63) is 64.2 Å². The number of carbonyl (C=O) groups is 1. The van der Waals surface area contributed by atoms with E-state index in [9.17, 15) is 4.79 Å². The van der Waals surface area contributed by atoms with Crippen molar-refractivity contribution >= 4 is 23.1 Å². The molecule has 1 aromatic carbocycles. The van der Waals surface area contributed by atoms with Crippen LogP contribution in [0.1, 0.15) is 50.3 Å². The summed E-state index contributed by atoms with van der Waals surface area (Å²) in [4.78, 5) is 12.6. The number of rotatable bonds is 5. The molecule has 0 saturated heterocycles. The van der Waals surface area contributed by atoms with Gasteiger partial charge in [0.05, 0.1) is 5.92 Å². The van der Waals surface area contributed by atoms with E-state index in [0.29, 0.717) is 6.61 Å². The number of carbonyl (C=O) groups excluding carboxylic acids is 1. The molecule has 0 spiro atoms. The topological polar surface area (TPSA) is 26.3 Å². The van der Waals surface area contributed by atoms with Crippen LogP contribution in [0.2, 0.25) is 0 Å². The van der Waals surface area contributed by atoms with Crippen LogP contribution in [0.15, 0.2) is 47.5 Å². The van der Waals surface area contributed by atoms with Crippen LogP contribution in [0.4, 0.5) is 0 Å². The third-order valence-electron chi connectivity index (χ3n) is 5.70. The second-order valence-electron chi connectivity index (χ2n) is 7.91. The molecule has 3 rings (SSSR count). The van der Waals surface area contributed by atoms with Gasteiger partial charge in [0.1, 0.15) is 6.61 Å². The lowest BCUT2D eigenvalue weighted by molar-refractivity contribution is -0.147. The monoisotopic (exact) mass is 370 g/mol. The van der Waals surface area contributed by atoms with Gasteiger partial charge in [0.25, 0.3) is 0 Å². The molecule has 1 fully saturated rings. The SMILES string of the molecule is C/C(Cl)=C/C1C(C(=O)OCc2cccc(C3=CCCC=C3)c2C)C1(C)C. The van der Waals surface area contributed by atoms with Gasteiger partial charge in [0.15, 0.2) is 0 Å². The number of ether oxygens (including phenoxy) is 1. The fourth-order valence-corrected chi connectivity index (χ4v) is 4.03. The Labute approximate surface area is 161 Å². The van der Waals surface area contributed by atoms with Crippen LogP contribution in [0, 0.1) is 24.2 Å². The summed E-state index contributed by atoms with van der Waals surface area (Å²) in [6, 6.07) is 6.21. The lowest BCUT2D eigenvalue weighted by Crippen LogP contribution is -2.11. The zero-order chi connectivity index (χ0) is 18.9. The Morgan fingerprint density at radius 3 is 2.77 bits per heavy atom. The molecule has 0 N–H and O–H groups in total. The summed E-state index contributed by atoms with van der Waals surface area (Å²) in [6.45, 7) is 8.45. The number of benzene rings is 1. The minimum absolute atomic E-state index is 0.0815. The fraction of sp³-hybridized carbons (Fsp3) is 0.435. The Bertz CT molecular complexity index is 794. The van der Waals surface area contributed by atoms with Crippen LogP contribution in [-0.4, -0.2) is 5.97 Å². The van der Waals surface area contributed by atoms with Crippen LogP contribution < -0.4 is 0 Å². The second kappa shape index (κ2) is 7.44. The van der Waals surface area contributed by atoms with Crippen molar-refractivity contribution < 1.29 is 9.53 Å². The second-order valence-corrected chi connectivity index (χ2v) is 8.51. The first-order valence-electron chi connectivity index (χ1n) is 9.28. The highest BCUT2D eigenvalue weighted by atomic mass is 35.5. The zero-order valence-corrected chi connectivity index (χ0v) is 16.8. The highest BCUT2D eigenvalue weighted by molar-refractivity contribution is 6.29. The van der Waals surface area contributed by atoms with E-state index >= 15 is 0 Å². The van der Waals surface area contributed by atoms with Crippen LogP contribution in [-0.2, 0) is 16.1 Å². The molecule has 0 amide bonds. The summed E-state index contributed by atoms with van der Waals surface area (Å²) in [5.74, 6) is -0.0723. The van der Waals surface area contributed by atoms with Crippen LogP contribution in [0.5, 0.6) is 0 Å². The van der Waals surface area contributed by atoms with Crippen molar-refractivity contribution in [2.75, 3.05) is 0 Å². The minimum atomic E-state index is -0.129. The Kier molecular flexibility index (Phi) is 5.43. The van der Waals surface area contributed by atoms with Gasteiger partial charge in [0.2, 0.25) is 0 Å². The maximum atomic E-state index is 12.6. The van der Waals surface area contributed by atoms with E-state index in [1.165, 1.54) is 16.7 Å². The number of hydrogen-bond donors (Lipinski definition) is 0. The third-order valence-corrected chi connectivity index (χ3v) is 5.82. The maximum Gasteiger partial charge on any atom is 0.310 e. The van der Waals surface area contributed by atoms with Crippen molar-refractivity contribution in [1.82, 2.24) is 0 Å². The van der Waals surface area contributed by atoms with E-state index in [-0.39, 0.29) is 23.2 Å². The molecule has 0 heterocycles. The number of allylic oxidation sites excluding steroid dienone is 6. The maximum absolute atomic E-state index is 12.6. The molecule has 0 bridgehead atoms. The van der Waals surface area contributed by atoms with Gasteiger partial charge in [-0.25, -0.2) is 0 Å². The number of halogens is 1. The van der Waals surface area contributed by atoms with Crippen molar-refractivity contribution in [1.29, 1.82) is 0 Å². The zero-order valence-electron chi connectivity index (χ0n) is 16.0. The molecule has 0 radical (unpaired) electrons. The first-order valence-corrected chi connectivity index (χ1v) is 9.66. The molecule has 0 aliphatic heterocycles. The van der Waals surface area contributed by atoms with Gasteiger partial charge < -0.3 is 4.74 Å². The summed E-state index contributed by atoms with van der Waals surface area (Å²) in [5.41, 5.74) is 4.64. The lowest BCUT2D eigenvalue weighted by atomic mass is 9.93. The van der Waals surface area contributed by atoms with E-state index < -0.39 is 0 Å². The third kappa shape index (κ3) is 3.81. The molecule has 2 nitrogen and oxygen atoms in total. The lowest BCUT2D eigenvalue weighted by Gasteiger charge is -2.14. The Balaban J connectivity index is 1.69. The van der Waals surface area contributed by atoms with Crippen molar-refractivity contribution in [3.8, 4) is 0 Å². The molecule has 2 aliphatic rings. The van der Waals surface area contributed by atoms with Gasteiger partial charge in [-0.2, -0.15) is 0 Å². The molecule has 3 heteroatoms. The van der Waals surface area contributed by atoms with E-state index in [1.54, 1.807) is 0 Å². The van der Waals surface area contributed by atoms with Gasteiger partial charge in [-0.1, -0.05) is 68.0 Å². The van der Waals surface area contributed by atoms with E-state index in [1.807, 2.05) is 25.1 Å². The van der Waals surface area contributed by atoms with Crippen molar-refractivity contribution in [2.45, 2.75) is 47.1 Å². The Morgan fingerprint density at radius 1 is 1.35 bits per heavy atom. The quantitative estimate of drug-likeness (QED) is 0.578. The molecule has 0 aromatic heterocycles. The fourth-order valence-electron chi connectivity index (χ4n) is 3.89. The van der Waals surface area contributed by atoms with Gasteiger partial charge in [-0.3, -0.25) is 4.79 Å². The molecule has 26 heavy (non-hydrogen) atoms. The Morgan fingerprint density at radius 2 is 2.12 bits per heavy atom. The first kappa shape index (κ1) is 19.0. The molecule has 1 aromatic rings. The van der Waals surface area contributed by atoms with Crippen LogP contribution >= 0.6 is 11.6 Å².